The third-order valence-corrected chi connectivity index (χ3v) is 7.06. The zero-order chi connectivity index (χ0) is 40.4. The quantitative estimate of drug-likeness (QED) is 0.165. The smallest absolute Gasteiger partial charge is 0.339 e. The van der Waals surface area contributed by atoms with Crippen molar-refractivity contribution in [1.29, 1.82) is 0 Å². The average molecular weight is 774 g/mol. The first kappa shape index (κ1) is 42.7. The maximum absolute atomic E-state index is 13.5. The molecule has 0 saturated carbocycles. The van der Waals surface area contributed by atoms with Crippen molar-refractivity contribution < 1.29 is 95.3 Å². The van der Waals surface area contributed by atoms with Crippen molar-refractivity contribution in [2.45, 2.75) is 123 Å². The maximum Gasteiger partial charge on any atom is 0.339 e. The highest BCUT2D eigenvalue weighted by Gasteiger charge is 2.57. The van der Waals surface area contributed by atoms with Gasteiger partial charge in [-0.05, 0) is 0 Å². The molecule has 0 amide bonds. The monoisotopic (exact) mass is 773 g/mol. The highest BCUT2D eigenvalue weighted by atomic mass is 16.8. The summed E-state index contributed by atoms with van der Waals surface area (Å²) in [5.74, 6) is -8.38. The Hall–Kier alpha value is -5.71. The van der Waals surface area contributed by atoms with Gasteiger partial charge in [-0.1, -0.05) is 5.21 Å². The summed E-state index contributed by atoms with van der Waals surface area (Å²) in [4.78, 5) is 109. The van der Waals surface area contributed by atoms with Crippen LogP contribution in [0.3, 0.4) is 0 Å². The van der Waals surface area contributed by atoms with Crippen LogP contribution in [-0.2, 0) is 102 Å². The molecular weight excluding hydrogens is 734 g/mol. The van der Waals surface area contributed by atoms with Crippen LogP contribution in [-0.4, -0.2) is 130 Å². The molecule has 0 radical (unpaired) electrons. The van der Waals surface area contributed by atoms with E-state index in [0.717, 1.165) is 60.1 Å². The van der Waals surface area contributed by atoms with Crippen molar-refractivity contribution >= 4 is 53.7 Å². The first-order chi connectivity index (χ1) is 25.3. The molecule has 23 nitrogen and oxygen atoms in total. The van der Waals surface area contributed by atoms with Crippen molar-refractivity contribution in [2.75, 3.05) is 6.61 Å². The Labute approximate surface area is 306 Å². The number of hydrogen-bond donors (Lipinski definition) is 0. The molecule has 54 heavy (non-hydrogen) atoms. The van der Waals surface area contributed by atoms with E-state index in [4.69, 9.17) is 52.1 Å². The molecule has 10 atom stereocenters. The Kier molecular flexibility index (Phi) is 14.9. The molecule has 298 valence electrons. The van der Waals surface area contributed by atoms with Gasteiger partial charge in [0.15, 0.2) is 42.9 Å². The van der Waals surface area contributed by atoms with Gasteiger partial charge in [-0.3, -0.25) is 38.4 Å². The number of esters is 9. The fourth-order valence-corrected chi connectivity index (χ4v) is 5.37. The first-order valence-electron chi connectivity index (χ1n) is 16.0. The number of nitrogens with zero attached hydrogens (tertiary/aromatic N) is 3. The first-order valence-corrected chi connectivity index (χ1v) is 16.0. The number of carbonyl (C=O) groups excluding carboxylic acids is 9. The molecule has 0 N–H and O–H groups in total. The number of aromatic nitrogens is 3. The highest BCUT2D eigenvalue weighted by molar-refractivity contribution is 5.77. The van der Waals surface area contributed by atoms with Gasteiger partial charge in [0.05, 0.1) is 6.20 Å². The lowest BCUT2D eigenvalue weighted by Gasteiger charge is -2.44. The molecule has 3 rings (SSSR count). The normalized spacial score (nSPS) is 27.6. The van der Waals surface area contributed by atoms with Crippen LogP contribution in [0, 0.1) is 0 Å². The van der Waals surface area contributed by atoms with Crippen LogP contribution < -0.4 is 0 Å². The maximum atomic E-state index is 13.5. The zero-order valence-electron chi connectivity index (χ0n) is 30.3. The van der Waals surface area contributed by atoms with Gasteiger partial charge in [-0.15, -0.1) is 5.10 Å². The second kappa shape index (κ2) is 18.9. The van der Waals surface area contributed by atoms with E-state index in [1.54, 1.807) is 0 Å². The van der Waals surface area contributed by atoms with E-state index in [9.17, 15) is 43.2 Å². The molecule has 0 unspecified atom stereocenters. The van der Waals surface area contributed by atoms with Crippen LogP contribution in [0.5, 0.6) is 0 Å². The number of rotatable bonds is 13. The summed E-state index contributed by atoms with van der Waals surface area (Å²) in [6.07, 6.45) is -15.1. The van der Waals surface area contributed by atoms with E-state index in [1.807, 2.05) is 0 Å². The van der Waals surface area contributed by atoms with Gasteiger partial charge in [0.1, 0.15) is 25.0 Å². The largest absolute Gasteiger partial charge is 0.463 e. The molecule has 0 aliphatic carbocycles. The van der Waals surface area contributed by atoms with Crippen LogP contribution in [0.15, 0.2) is 6.20 Å². The molecule has 2 aliphatic heterocycles. The van der Waals surface area contributed by atoms with Crippen molar-refractivity contribution in [2.24, 2.45) is 0 Å². The lowest BCUT2D eigenvalue weighted by atomic mass is 9.97. The Morgan fingerprint density at radius 1 is 0.556 bits per heavy atom. The van der Waals surface area contributed by atoms with E-state index in [0.29, 0.717) is 0 Å². The van der Waals surface area contributed by atoms with Crippen LogP contribution >= 0.6 is 0 Å². The van der Waals surface area contributed by atoms with Crippen molar-refractivity contribution in [3.05, 3.63) is 11.9 Å². The Morgan fingerprint density at radius 3 is 1.54 bits per heavy atom. The van der Waals surface area contributed by atoms with Crippen molar-refractivity contribution in [3.63, 3.8) is 0 Å². The minimum absolute atomic E-state index is 0.0955. The lowest BCUT2D eigenvalue weighted by molar-refractivity contribution is -0.294. The molecule has 2 aliphatic rings. The summed E-state index contributed by atoms with van der Waals surface area (Å²) in [6.45, 7) is 6.99. The SMILES string of the molecule is CC(=O)OC[C@H]1O[C@@H](n2cc(COC(=O)[C@H]3O[C@@H](OC(C)=O)[C@H](OC(C)=O)[C@@H](OC(C)=O)[C@@H]3OC(C)=O)nn2)[C@H](OC(C)=O)[C@@H](OC(C)=O)[C@@H]1OC(C)=O. The Morgan fingerprint density at radius 2 is 1.02 bits per heavy atom. The molecule has 1 aromatic heterocycles. The van der Waals surface area contributed by atoms with Crippen molar-refractivity contribution in [1.82, 2.24) is 15.0 Å². The minimum atomic E-state index is -1.94. The van der Waals surface area contributed by atoms with E-state index >= 15 is 0 Å². The van der Waals surface area contributed by atoms with E-state index < -0.39 is 128 Å². The topological polar surface area (TPSA) is 286 Å². The standard InChI is InChI=1S/C31H39N3O20/c1-12(35)44-11-21-22(46-13(2)36)23(47-14(3)37)26(50-17(6)40)29(53-21)34-9-20(32-33-34)10-45-30(43)27-24(48-15(4)38)25(49-16(5)39)28(51-18(7)41)31(54-27)52-19(8)42/h9,21-29,31H,10-11H2,1-8H3/t21-,22-,23+,24+,25+,26-,27+,28-,29-,31-/m1/s1. The minimum Gasteiger partial charge on any atom is -0.463 e. The van der Waals surface area contributed by atoms with Gasteiger partial charge in [-0.2, -0.15) is 0 Å². The molecule has 1 aromatic rings. The second-order valence-electron chi connectivity index (χ2n) is 11.6. The van der Waals surface area contributed by atoms with Crippen LogP contribution in [0.4, 0.5) is 0 Å². The van der Waals surface area contributed by atoms with Gasteiger partial charge < -0.3 is 52.1 Å². The fourth-order valence-electron chi connectivity index (χ4n) is 5.37. The predicted molar refractivity (Wildman–Crippen MR) is 164 cm³/mol. The van der Waals surface area contributed by atoms with Gasteiger partial charge >= 0.3 is 53.7 Å². The Bertz CT molecular complexity index is 1610. The summed E-state index contributed by atoms with van der Waals surface area (Å²) in [5.41, 5.74) is -0.0955. The number of ether oxygens (including phenoxy) is 11. The average Bonchev–Trinajstić information content (AvgIpc) is 3.51. The molecule has 0 aromatic carbocycles. The highest BCUT2D eigenvalue weighted by Crippen LogP contribution is 2.35. The van der Waals surface area contributed by atoms with Crippen LogP contribution in [0.25, 0.3) is 0 Å². The summed E-state index contributed by atoms with van der Waals surface area (Å²) in [7, 11) is 0. The molecule has 2 saturated heterocycles. The number of carbonyl (C=O) groups is 9. The fraction of sp³-hybridized carbons (Fsp3) is 0.645. The summed E-state index contributed by atoms with van der Waals surface area (Å²) >= 11 is 0. The summed E-state index contributed by atoms with van der Waals surface area (Å²) < 4.78 is 59.9. The molecule has 3 heterocycles. The zero-order valence-corrected chi connectivity index (χ0v) is 30.3. The third-order valence-electron chi connectivity index (χ3n) is 7.06. The van der Waals surface area contributed by atoms with Gasteiger partial charge in [0.25, 0.3) is 0 Å². The second-order valence-corrected chi connectivity index (χ2v) is 11.6. The Balaban J connectivity index is 1.95. The summed E-state index contributed by atoms with van der Waals surface area (Å²) in [6, 6.07) is 0. The predicted octanol–water partition coefficient (Wildman–Crippen LogP) is -1.34. The van der Waals surface area contributed by atoms with E-state index in [-0.39, 0.29) is 5.69 Å². The lowest BCUT2D eigenvalue weighted by Crippen LogP contribution is -2.64. The van der Waals surface area contributed by atoms with Crippen molar-refractivity contribution in [3.8, 4) is 0 Å². The van der Waals surface area contributed by atoms with Crippen LogP contribution in [0.1, 0.15) is 67.3 Å². The summed E-state index contributed by atoms with van der Waals surface area (Å²) in [5, 5.41) is 7.85. The third kappa shape index (κ3) is 11.9. The molecular formula is C31H39N3O20. The molecule has 23 heteroatoms. The molecule has 0 spiro atoms. The van der Waals surface area contributed by atoms with E-state index in [1.165, 1.54) is 6.20 Å². The van der Waals surface area contributed by atoms with E-state index in [2.05, 4.69) is 10.3 Å². The van der Waals surface area contributed by atoms with Gasteiger partial charge in [-0.25, -0.2) is 9.48 Å². The van der Waals surface area contributed by atoms with Gasteiger partial charge in [0, 0.05) is 55.4 Å². The van der Waals surface area contributed by atoms with Crippen LogP contribution in [0.2, 0.25) is 0 Å². The number of hydrogen-bond acceptors (Lipinski definition) is 22. The molecule has 0 bridgehead atoms. The van der Waals surface area contributed by atoms with Gasteiger partial charge in [0.2, 0.25) is 12.4 Å². The molecule has 2 fully saturated rings.